The van der Waals surface area contributed by atoms with Crippen molar-refractivity contribution in [1.29, 1.82) is 0 Å². The number of rotatable bonds is 11. The van der Waals surface area contributed by atoms with Crippen LogP contribution in [0.4, 0.5) is 0 Å². The second-order valence-electron chi connectivity index (χ2n) is 11.6. The minimum absolute atomic E-state index is 0.00630. The minimum atomic E-state index is -1.30. The van der Waals surface area contributed by atoms with E-state index in [1.807, 2.05) is 49.4 Å². The summed E-state index contributed by atoms with van der Waals surface area (Å²) in [5.41, 5.74) is -0.201. The first-order valence-electron chi connectivity index (χ1n) is 14.4. The first-order valence-corrected chi connectivity index (χ1v) is 14.4. The largest absolute Gasteiger partial charge is 0.461 e. The minimum Gasteiger partial charge on any atom is -0.461 e. The van der Waals surface area contributed by atoms with E-state index in [1.54, 1.807) is 27.8 Å². The SMILES string of the molecule is C=CCOC(=O)[C@@H]1[C@H]2C(=O)N([C@H](CO)c3ccccc3)C(C(=O)N(CC=C)Cn3nnc4ccccc43)C23CC[C@@]1(C)O3. The first kappa shape index (κ1) is 28.8. The molecular weight excluding hydrogens is 550 g/mol. The molecule has 1 spiro atoms. The third kappa shape index (κ3) is 4.45. The molecule has 2 unspecified atom stereocenters. The molecule has 2 aromatic carbocycles. The van der Waals surface area contributed by atoms with Crippen molar-refractivity contribution in [2.75, 3.05) is 19.8 Å². The Morgan fingerprint density at radius 2 is 1.91 bits per heavy atom. The van der Waals surface area contributed by atoms with Gasteiger partial charge in [0.25, 0.3) is 0 Å². The molecule has 2 bridgehead atoms. The summed E-state index contributed by atoms with van der Waals surface area (Å²) in [5, 5.41) is 19.2. The zero-order valence-corrected chi connectivity index (χ0v) is 24.0. The van der Waals surface area contributed by atoms with Crippen molar-refractivity contribution in [3.8, 4) is 0 Å². The Morgan fingerprint density at radius 3 is 2.63 bits per heavy atom. The Balaban J connectivity index is 1.45. The molecule has 0 radical (unpaired) electrons. The number of hydrogen-bond acceptors (Lipinski definition) is 8. The van der Waals surface area contributed by atoms with E-state index in [0.717, 1.165) is 5.52 Å². The topological polar surface area (TPSA) is 127 Å². The molecule has 11 nitrogen and oxygen atoms in total. The predicted octanol–water partition coefficient (Wildman–Crippen LogP) is 2.63. The molecule has 43 heavy (non-hydrogen) atoms. The van der Waals surface area contributed by atoms with E-state index in [-0.39, 0.29) is 19.8 Å². The predicted molar refractivity (Wildman–Crippen MR) is 156 cm³/mol. The monoisotopic (exact) mass is 585 g/mol. The Kier molecular flexibility index (Phi) is 7.39. The Labute approximate surface area is 249 Å². The number of nitrogens with zero attached hydrogens (tertiary/aromatic N) is 5. The van der Waals surface area contributed by atoms with Gasteiger partial charge in [0.05, 0.1) is 29.7 Å². The number of carbonyl (C=O) groups excluding carboxylic acids is 3. The smallest absolute Gasteiger partial charge is 0.313 e. The number of fused-ring (bicyclic) bond motifs is 2. The molecule has 6 rings (SSSR count). The van der Waals surface area contributed by atoms with Crippen LogP contribution in [0, 0.1) is 11.8 Å². The molecule has 0 saturated carbocycles. The third-order valence-corrected chi connectivity index (χ3v) is 9.12. The van der Waals surface area contributed by atoms with E-state index in [0.29, 0.717) is 23.9 Å². The van der Waals surface area contributed by atoms with E-state index in [1.165, 1.54) is 11.0 Å². The summed E-state index contributed by atoms with van der Waals surface area (Å²) in [7, 11) is 0. The lowest BCUT2D eigenvalue weighted by Gasteiger charge is -2.39. The normalized spacial score (nSPS) is 28.1. The molecular formula is C32H35N5O6. The lowest BCUT2D eigenvalue weighted by molar-refractivity contribution is -0.161. The Morgan fingerprint density at radius 1 is 1.16 bits per heavy atom. The van der Waals surface area contributed by atoms with Crippen LogP contribution < -0.4 is 0 Å². The van der Waals surface area contributed by atoms with Gasteiger partial charge in [0.1, 0.15) is 36.4 Å². The molecule has 3 fully saturated rings. The lowest BCUT2D eigenvalue weighted by atomic mass is 9.66. The molecule has 1 N–H and O–H groups in total. The van der Waals surface area contributed by atoms with Gasteiger partial charge in [-0.3, -0.25) is 14.4 Å². The highest BCUT2D eigenvalue weighted by atomic mass is 16.6. The highest BCUT2D eigenvalue weighted by Crippen LogP contribution is 2.64. The van der Waals surface area contributed by atoms with E-state index in [2.05, 4.69) is 23.5 Å². The number of esters is 1. The van der Waals surface area contributed by atoms with E-state index < -0.39 is 59.5 Å². The second-order valence-corrected chi connectivity index (χ2v) is 11.6. The van der Waals surface area contributed by atoms with Crippen molar-refractivity contribution in [3.63, 3.8) is 0 Å². The quantitative estimate of drug-likeness (QED) is 0.269. The number of aromatic nitrogens is 3. The standard InChI is InChI=1S/C32H35N5O6/c1-4-17-35(20-36-23-14-10-9-13-22(23)33-34-36)29(40)27-32-16-15-31(3,43-32)26(30(41)42-18-5-2)25(32)28(39)37(27)24(19-38)21-11-7-6-8-12-21/h4-14,24-27,38H,1-2,15-20H2,3H3/t24-,25+,26+,27?,31-,32?/m1/s1. The number of likely N-dealkylation sites (tertiary alicyclic amines) is 1. The van der Waals surface area contributed by atoms with Crippen molar-refractivity contribution < 1.29 is 29.0 Å². The van der Waals surface area contributed by atoms with Crippen LogP contribution >= 0.6 is 0 Å². The van der Waals surface area contributed by atoms with Crippen LogP contribution in [0.1, 0.15) is 31.4 Å². The van der Waals surface area contributed by atoms with Crippen molar-refractivity contribution in [2.45, 2.75) is 49.7 Å². The van der Waals surface area contributed by atoms with E-state index in [4.69, 9.17) is 9.47 Å². The summed E-state index contributed by atoms with van der Waals surface area (Å²) >= 11 is 0. The number of hydrogen-bond donors (Lipinski definition) is 1. The molecule has 3 saturated heterocycles. The van der Waals surface area contributed by atoms with Crippen LogP contribution in [0.2, 0.25) is 0 Å². The lowest BCUT2D eigenvalue weighted by Crippen LogP contribution is -2.57. The van der Waals surface area contributed by atoms with Gasteiger partial charge in [0.2, 0.25) is 11.8 Å². The number of benzene rings is 2. The molecule has 3 aliphatic rings. The summed E-state index contributed by atoms with van der Waals surface area (Å²) in [6.07, 6.45) is 3.93. The summed E-state index contributed by atoms with van der Waals surface area (Å²) in [5.74, 6) is -3.26. The van der Waals surface area contributed by atoms with Gasteiger partial charge in [-0.1, -0.05) is 66.4 Å². The number of carbonyl (C=O) groups is 3. The van der Waals surface area contributed by atoms with Gasteiger partial charge in [-0.15, -0.1) is 11.7 Å². The molecule has 224 valence electrons. The van der Waals surface area contributed by atoms with Gasteiger partial charge in [-0.2, -0.15) is 0 Å². The van der Waals surface area contributed by atoms with Gasteiger partial charge in [-0.25, -0.2) is 4.68 Å². The van der Waals surface area contributed by atoms with Crippen LogP contribution in [0.25, 0.3) is 11.0 Å². The first-order chi connectivity index (χ1) is 20.8. The maximum absolute atomic E-state index is 14.8. The average molecular weight is 586 g/mol. The van der Waals surface area contributed by atoms with Gasteiger partial charge in [-0.05, 0) is 37.5 Å². The molecule has 2 amide bonds. The molecule has 1 aromatic heterocycles. The second kappa shape index (κ2) is 11.1. The fraction of sp³-hybridized carbons (Fsp3) is 0.406. The number of para-hydroxylation sites is 1. The summed E-state index contributed by atoms with van der Waals surface area (Å²) in [6.45, 7) is 9.06. The van der Waals surface area contributed by atoms with Crippen LogP contribution in [0.15, 0.2) is 79.9 Å². The molecule has 4 heterocycles. The third-order valence-electron chi connectivity index (χ3n) is 9.12. The number of ether oxygens (including phenoxy) is 2. The maximum atomic E-state index is 14.8. The molecule has 3 aliphatic heterocycles. The van der Waals surface area contributed by atoms with Crippen molar-refractivity contribution in [2.24, 2.45) is 11.8 Å². The van der Waals surface area contributed by atoms with E-state index in [9.17, 15) is 19.5 Å². The molecule has 3 aromatic rings. The zero-order chi connectivity index (χ0) is 30.4. The van der Waals surface area contributed by atoms with Crippen LogP contribution in [0.5, 0.6) is 0 Å². The average Bonchev–Trinajstić information content (AvgIpc) is 3.72. The fourth-order valence-electron chi connectivity index (χ4n) is 7.33. The molecule has 0 aliphatic carbocycles. The van der Waals surface area contributed by atoms with Crippen LogP contribution in [-0.2, 0) is 30.5 Å². The van der Waals surface area contributed by atoms with Crippen molar-refractivity contribution in [1.82, 2.24) is 24.8 Å². The molecule has 11 heteroatoms. The zero-order valence-electron chi connectivity index (χ0n) is 24.0. The highest BCUT2D eigenvalue weighted by molar-refractivity contribution is 5.99. The Hall–Kier alpha value is -4.35. The summed E-state index contributed by atoms with van der Waals surface area (Å²) in [4.78, 5) is 45.8. The fourth-order valence-corrected chi connectivity index (χ4v) is 7.33. The number of amides is 2. The van der Waals surface area contributed by atoms with Crippen LogP contribution in [0.3, 0.4) is 0 Å². The number of aliphatic hydroxyl groups is 1. The highest BCUT2D eigenvalue weighted by Gasteiger charge is 2.79. The molecule has 6 atom stereocenters. The van der Waals surface area contributed by atoms with Crippen molar-refractivity contribution in [3.05, 3.63) is 85.5 Å². The number of aliphatic hydroxyl groups excluding tert-OH is 1. The van der Waals surface area contributed by atoms with Gasteiger partial charge < -0.3 is 24.4 Å². The van der Waals surface area contributed by atoms with Gasteiger partial charge in [0, 0.05) is 6.54 Å². The summed E-state index contributed by atoms with van der Waals surface area (Å²) < 4.78 is 13.8. The van der Waals surface area contributed by atoms with E-state index >= 15 is 0 Å². The van der Waals surface area contributed by atoms with Gasteiger partial charge >= 0.3 is 5.97 Å². The van der Waals surface area contributed by atoms with Gasteiger partial charge in [0.15, 0.2) is 0 Å². The van der Waals surface area contributed by atoms with Crippen LogP contribution in [-0.4, -0.2) is 84.7 Å². The van der Waals surface area contributed by atoms with Crippen molar-refractivity contribution >= 4 is 28.8 Å². The maximum Gasteiger partial charge on any atom is 0.313 e. The Bertz CT molecular complexity index is 1570. The summed E-state index contributed by atoms with van der Waals surface area (Å²) in [6, 6.07) is 14.5.